The normalized spacial score (nSPS) is 21.0. The van der Waals surface area contributed by atoms with Crippen LogP contribution >= 0.6 is 11.6 Å². The summed E-state index contributed by atoms with van der Waals surface area (Å²) in [5, 5.41) is 3.52. The van der Waals surface area contributed by atoms with Crippen LogP contribution in [0.15, 0.2) is 24.3 Å². The van der Waals surface area contributed by atoms with Crippen LogP contribution in [0, 0.1) is 0 Å². The maximum atomic E-state index is 12.6. The minimum atomic E-state index is -0.386. The van der Waals surface area contributed by atoms with Gasteiger partial charge in [-0.2, -0.15) is 0 Å². The zero-order valence-corrected chi connectivity index (χ0v) is 16.5. The van der Waals surface area contributed by atoms with E-state index < -0.39 is 0 Å². The molecular weight excluding hydrogens is 366 g/mol. The highest BCUT2D eigenvalue weighted by molar-refractivity contribution is 6.30. The standard InChI is InChI=1S/C20H26ClN3O3/c1-13(2)22-19(26)17-7-8-18(25)24(17)16-9-11-23(12-10-16)20(27)14-3-5-15(21)6-4-14/h3-6,13,16-17H,7-12H2,1-2H3,(H,22,26). The fourth-order valence-corrected chi connectivity index (χ4v) is 4.05. The van der Waals surface area contributed by atoms with Gasteiger partial charge >= 0.3 is 0 Å². The Morgan fingerprint density at radius 2 is 1.74 bits per heavy atom. The Morgan fingerprint density at radius 1 is 1.11 bits per heavy atom. The summed E-state index contributed by atoms with van der Waals surface area (Å²) in [5.74, 6) is -0.0520. The molecule has 7 heteroatoms. The number of benzene rings is 1. The molecule has 1 atom stereocenters. The van der Waals surface area contributed by atoms with Crippen molar-refractivity contribution < 1.29 is 14.4 Å². The van der Waals surface area contributed by atoms with Gasteiger partial charge in [-0.05, 0) is 57.4 Å². The average molecular weight is 392 g/mol. The van der Waals surface area contributed by atoms with Crippen LogP contribution in [0.2, 0.25) is 5.02 Å². The van der Waals surface area contributed by atoms with Gasteiger partial charge in [-0.1, -0.05) is 11.6 Å². The lowest BCUT2D eigenvalue weighted by molar-refractivity contribution is -0.138. The predicted octanol–water partition coefficient (Wildman–Crippen LogP) is 2.46. The number of likely N-dealkylation sites (tertiary alicyclic amines) is 2. The SMILES string of the molecule is CC(C)NC(=O)C1CCC(=O)N1C1CCN(C(=O)c2ccc(Cl)cc2)CC1. The zero-order valence-electron chi connectivity index (χ0n) is 15.8. The van der Waals surface area contributed by atoms with Crippen LogP contribution in [0.4, 0.5) is 0 Å². The Bertz CT molecular complexity index is 712. The molecular formula is C20H26ClN3O3. The van der Waals surface area contributed by atoms with Crippen LogP contribution in [0.25, 0.3) is 0 Å². The first-order chi connectivity index (χ1) is 12.9. The smallest absolute Gasteiger partial charge is 0.253 e. The Balaban J connectivity index is 1.62. The molecule has 1 aromatic rings. The predicted molar refractivity (Wildman–Crippen MR) is 104 cm³/mol. The topological polar surface area (TPSA) is 69.7 Å². The van der Waals surface area contributed by atoms with Crippen molar-refractivity contribution in [2.24, 2.45) is 0 Å². The van der Waals surface area contributed by atoms with E-state index in [2.05, 4.69) is 5.32 Å². The fraction of sp³-hybridized carbons (Fsp3) is 0.550. The molecule has 2 aliphatic heterocycles. The Kier molecular flexibility index (Phi) is 6.05. The molecule has 0 spiro atoms. The number of carbonyl (C=O) groups excluding carboxylic acids is 3. The molecule has 0 radical (unpaired) electrons. The first-order valence-electron chi connectivity index (χ1n) is 9.53. The van der Waals surface area contributed by atoms with E-state index in [-0.39, 0.29) is 35.8 Å². The van der Waals surface area contributed by atoms with Gasteiger partial charge < -0.3 is 15.1 Å². The summed E-state index contributed by atoms with van der Waals surface area (Å²) in [7, 11) is 0. The van der Waals surface area contributed by atoms with E-state index in [1.165, 1.54) is 0 Å². The van der Waals surface area contributed by atoms with Crippen LogP contribution in [0.1, 0.15) is 49.9 Å². The highest BCUT2D eigenvalue weighted by Gasteiger charge is 2.41. The number of rotatable bonds is 4. The Hall–Kier alpha value is -2.08. The number of piperidine rings is 1. The van der Waals surface area contributed by atoms with Crippen molar-refractivity contribution in [1.82, 2.24) is 15.1 Å². The highest BCUT2D eigenvalue weighted by Crippen LogP contribution is 2.28. The summed E-state index contributed by atoms with van der Waals surface area (Å²) in [6.07, 6.45) is 2.37. The molecule has 0 aliphatic carbocycles. The van der Waals surface area contributed by atoms with Gasteiger partial charge in [0.05, 0.1) is 0 Å². The maximum Gasteiger partial charge on any atom is 0.253 e. The number of carbonyl (C=O) groups is 3. The van der Waals surface area contributed by atoms with E-state index in [0.29, 0.717) is 49.4 Å². The number of hydrogen-bond acceptors (Lipinski definition) is 3. The van der Waals surface area contributed by atoms with Crippen LogP contribution in [0.5, 0.6) is 0 Å². The average Bonchev–Trinajstić information content (AvgIpc) is 3.03. The first kappa shape index (κ1) is 19.7. The van der Waals surface area contributed by atoms with Gasteiger partial charge in [-0.3, -0.25) is 14.4 Å². The first-order valence-corrected chi connectivity index (χ1v) is 9.91. The van der Waals surface area contributed by atoms with Crippen molar-refractivity contribution in [3.05, 3.63) is 34.9 Å². The molecule has 0 saturated carbocycles. The van der Waals surface area contributed by atoms with Crippen LogP contribution < -0.4 is 5.32 Å². The third-order valence-electron chi connectivity index (χ3n) is 5.23. The molecule has 1 N–H and O–H groups in total. The lowest BCUT2D eigenvalue weighted by atomic mass is 10.0. The molecule has 0 aromatic heterocycles. The van der Waals surface area contributed by atoms with Gasteiger partial charge in [0.15, 0.2) is 0 Å². The Labute approximate surface area is 164 Å². The summed E-state index contributed by atoms with van der Waals surface area (Å²) in [6, 6.07) is 6.56. The summed E-state index contributed by atoms with van der Waals surface area (Å²) in [6.45, 7) is 4.99. The highest BCUT2D eigenvalue weighted by atomic mass is 35.5. The second-order valence-electron chi connectivity index (χ2n) is 7.55. The summed E-state index contributed by atoms with van der Waals surface area (Å²) in [4.78, 5) is 41.1. The van der Waals surface area contributed by atoms with Gasteiger partial charge in [0.1, 0.15) is 6.04 Å². The molecule has 146 valence electrons. The lowest BCUT2D eigenvalue weighted by Crippen LogP contribution is -2.54. The molecule has 2 aliphatic rings. The second-order valence-corrected chi connectivity index (χ2v) is 7.99. The maximum absolute atomic E-state index is 12.6. The van der Waals surface area contributed by atoms with Crippen LogP contribution in [0.3, 0.4) is 0 Å². The van der Waals surface area contributed by atoms with E-state index in [0.717, 1.165) is 0 Å². The quantitative estimate of drug-likeness (QED) is 0.857. The van der Waals surface area contributed by atoms with Gasteiger partial charge in [-0.25, -0.2) is 0 Å². The second kappa shape index (κ2) is 8.30. The van der Waals surface area contributed by atoms with Gasteiger partial charge in [-0.15, -0.1) is 0 Å². The molecule has 1 aromatic carbocycles. The van der Waals surface area contributed by atoms with E-state index >= 15 is 0 Å². The third kappa shape index (κ3) is 4.43. The zero-order chi connectivity index (χ0) is 19.6. The molecule has 2 heterocycles. The van der Waals surface area contributed by atoms with E-state index in [1.54, 1.807) is 29.2 Å². The van der Waals surface area contributed by atoms with Crippen molar-refractivity contribution in [3.8, 4) is 0 Å². The largest absolute Gasteiger partial charge is 0.352 e. The molecule has 1 unspecified atom stereocenters. The van der Waals surface area contributed by atoms with Crippen molar-refractivity contribution >= 4 is 29.3 Å². The summed E-state index contributed by atoms with van der Waals surface area (Å²) < 4.78 is 0. The number of halogens is 1. The van der Waals surface area contributed by atoms with Crippen molar-refractivity contribution in [1.29, 1.82) is 0 Å². The molecule has 6 nitrogen and oxygen atoms in total. The van der Waals surface area contributed by atoms with Gasteiger partial charge in [0.25, 0.3) is 5.91 Å². The molecule has 3 rings (SSSR count). The third-order valence-corrected chi connectivity index (χ3v) is 5.48. The lowest BCUT2D eigenvalue weighted by Gasteiger charge is -2.39. The summed E-state index contributed by atoms with van der Waals surface area (Å²) in [5.41, 5.74) is 0.615. The number of amides is 3. The van der Waals surface area contributed by atoms with Crippen LogP contribution in [-0.4, -0.2) is 58.7 Å². The minimum absolute atomic E-state index is 0.0113. The monoisotopic (exact) mass is 391 g/mol. The van der Waals surface area contributed by atoms with Gasteiger partial charge in [0, 0.05) is 42.2 Å². The van der Waals surface area contributed by atoms with Gasteiger partial charge in [0.2, 0.25) is 11.8 Å². The molecule has 2 saturated heterocycles. The number of hydrogen-bond donors (Lipinski definition) is 1. The molecule has 27 heavy (non-hydrogen) atoms. The van der Waals surface area contributed by atoms with Crippen molar-refractivity contribution in [3.63, 3.8) is 0 Å². The molecule has 3 amide bonds. The molecule has 0 bridgehead atoms. The number of nitrogens with zero attached hydrogens (tertiary/aromatic N) is 2. The van der Waals surface area contributed by atoms with E-state index in [1.807, 2.05) is 18.7 Å². The van der Waals surface area contributed by atoms with Crippen molar-refractivity contribution in [2.45, 2.75) is 57.7 Å². The van der Waals surface area contributed by atoms with Crippen molar-refractivity contribution in [2.75, 3.05) is 13.1 Å². The minimum Gasteiger partial charge on any atom is -0.352 e. The number of nitrogens with one attached hydrogen (secondary N) is 1. The van der Waals surface area contributed by atoms with E-state index in [4.69, 9.17) is 11.6 Å². The van der Waals surface area contributed by atoms with Crippen LogP contribution in [-0.2, 0) is 9.59 Å². The fourth-order valence-electron chi connectivity index (χ4n) is 3.92. The molecule has 2 fully saturated rings. The summed E-state index contributed by atoms with van der Waals surface area (Å²) >= 11 is 5.88. The van der Waals surface area contributed by atoms with E-state index in [9.17, 15) is 14.4 Å². The Morgan fingerprint density at radius 3 is 2.33 bits per heavy atom.